The highest BCUT2D eigenvalue weighted by Crippen LogP contribution is 2.30. The van der Waals surface area contributed by atoms with Gasteiger partial charge >= 0.3 is 0 Å². The molecule has 0 N–H and O–H groups in total. The molecule has 0 radical (unpaired) electrons. The van der Waals surface area contributed by atoms with E-state index >= 15 is 0 Å². The van der Waals surface area contributed by atoms with Gasteiger partial charge in [-0.25, -0.2) is 0 Å². The number of piperidine rings is 1. The van der Waals surface area contributed by atoms with E-state index in [1.54, 1.807) is 0 Å². The summed E-state index contributed by atoms with van der Waals surface area (Å²) in [4.78, 5) is 21.5. The van der Waals surface area contributed by atoms with Crippen LogP contribution in [0.15, 0.2) is 48.7 Å². The van der Waals surface area contributed by atoms with E-state index < -0.39 is 0 Å². The number of nitrogens with zero attached hydrogens (tertiary/aromatic N) is 3. The van der Waals surface area contributed by atoms with E-state index in [9.17, 15) is 4.79 Å². The van der Waals surface area contributed by atoms with Gasteiger partial charge in [-0.3, -0.25) is 14.7 Å². The molecule has 1 amide bonds. The molecule has 1 aliphatic heterocycles. The molecule has 29 heavy (non-hydrogen) atoms. The van der Waals surface area contributed by atoms with Gasteiger partial charge in [-0.1, -0.05) is 30.3 Å². The molecule has 1 fully saturated rings. The van der Waals surface area contributed by atoms with Gasteiger partial charge in [0.05, 0.1) is 0 Å². The van der Waals surface area contributed by atoms with Crippen LogP contribution < -0.4 is 0 Å². The Morgan fingerprint density at radius 1 is 1.14 bits per heavy atom. The third-order valence-corrected chi connectivity index (χ3v) is 6.72. The Kier molecular flexibility index (Phi) is 6.60. The number of likely N-dealkylation sites (tertiary alicyclic amines) is 1. The second-order valence-electron chi connectivity index (χ2n) is 8.76. The number of carbonyl (C=O) groups is 1. The second-order valence-corrected chi connectivity index (χ2v) is 8.76. The monoisotopic (exact) mass is 391 g/mol. The van der Waals surface area contributed by atoms with Gasteiger partial charge in [-0.15, -0.1) is 0 Å². The van der Waals surface area contributed by atoms with Gasteiger partial charge in [-0.05, 0) is 67.8 Å². The van der Waals surface area contributed by atoms with Gasteiger partial charge in [-0.2, -0.15) is 0 Å². The van der Waals surface area contributed by atoms with Crippen molar-refractivity contribution < 1.29 is 4.79 Å². The van der Waals surface area contributed by atoms with Gasteiger partial charge in [0.25, 0.3) is 0 Å². The fraction of sp³-hybridized carbons (Fsp3) is 0.520. The zero-order valence-corrected chi connectivity index (χ0v) is 17.6. The average molecular weight is 392 g/mol. The number of hydrogen-bond donors (Lipinski definition) is 0. The molecule has 154 valence electrons. The summed E-state index contributed by atoms with van der Waals surface area (Å²) in [5.41, 5.74) is 4.11. The molecule has 1 aromatic carbocycles. The Hall–Kier alpha value is -2.20. The molecule has 4 rings (SSSR count). The van der Waals surface area contributed by atoms with Crippen LogP contribution in [0, 0.1) is 5.92 Å². The first-order valence-electron chi connectivity index (χ1n) is 11.1. The molecule has 2 aromatic rings. The van der Waals surface area contributed by atoms with Crippen molar-refractivity contribution in [3.63, 3.8) is 0 Å². The number of carbonyl (C=O) groups excluding carboxylic acids is 1. The van der Waals surface area contributed by atoms with Crippen molar-refractivity contribution in [2.45, 2.75) is 51.0 Å². The molecule has 1 aromatic heterocycles. The lowest BCUT2D eigenvalue weighted by molar-refractivity contribution is -0.130. The lowest BCUT2D eigenvalue weighted by Crippen LogP contribution is -2.43. The quantitative estimate of drug-likeness (QED) is 0.721. The molecule has 0 saturated carbocycles. The Labute approximate surface area is 174 Å². The summed E-state index contributed by atoms with van der Waals surface area (Å²) >= 11 is 0. The molecular formula is C25H33N3O. The van der Waals surface area contributed by atoms with Crippen LogP contribution in [0.3, 0.4) is 0 Å². The topological polar surface area (TPSA) is 36.4 Å². The highest BCUT2D eigenvalue weighted by molar-refractivity contribution is 5.75. The highest BCUT2D eigenvalue weighted by atomic mass is 16.2. The first-order valence-corrected chi connectivity index (χ1v) is 11.1. The van der Waals surface area contributed by atoms with Crippen molar-refractivity contribution in [1.82, 2.24) is 14.8 Å². The normalized spacial score (nSPS) is 19.8. The summed E-state index contributed by atoms with van der Waals surface area (Å²) in [6.45, 7) is 3.11. The Morgan fingerprint density at radius 2 is 1.90 bits per heavy atom. The number of hydrogen-bond acceptors (Lipinski definition) is 3. The maximum Gasteiger partial charge on any atom is 0.222 e. The standard InChI is InChI=1S/C25H33N3O/c1-27(16-13-23-10-4-5-14-26-23)25(29)12-11-20-7-6-15-28(19-20)24-17-21-8-2-3-9-22(21)18-24/h2-5,8-10,14,20,24H,6-7,11-13,15-19H2,1H3. The molecule has 4 heteroatoms. The first kappa shape index (κ1) is 20.1. The van der Waals surface area contributed by atoms with Gasteiger partial charge in [0.2, 0.25) is 5.91 Å². The predicted octanol–water partition coefficient (Wildman–Crippen LogP) is 3.74. The van der Waals surface area contributed by atoms with Gasteiger partial charge in [0, 0.05) is 50.9 Å². The molecule has 1 unspecified atom stereocenters. The first-order chi connectivity index (χ1) is 14.2. The molecule has 2 heterocycles. The lowest BCUT2D eigenvalue weighted by atomic mass is 9.91. The number of aromatic nitrogens is 1. The highest BCUT2D eigenvalue weighted by Gasteiger charge is 2.30. The molecule has 0 spiro atoms. The third kappa shape index (κ3) is 5.24. The average Bonchev–Trinajstić information content (AvgIpc) is 3.21. The Bertz CT molecular complexity index is 782. The van der Waals surface area contributed by atoms with Crippen LogP contribution in [-0.2, 0) is 24.1 Å². The lowest BCUT2D eigenvalue weighted by Gasteiger charge is -2.37. The van der Waals surface area contributed by atoms with Crippen LogP contribution in [0.5, 0.6) is 0 Å². The summed E-state index contributed by atoms with van der Waals surface area (Å²) in [7, 11) is 1.92. The number of likely N-dealkylation sites (N-methyl/N-ethyl adjacent to an activating group) is 1. The molecule has 2 aliphatic rings. The number of benzene rings is 1. The smallest absolute Gasteiger partial charge is 0.222 e. The number of fused-ring (bicyclic) bond motifs is 1. The fourth-order valence-corrected chi connectivity index (χ4v) is 4.93. The van der Waals surface area contributed by atoms with Crippen molar-refractivity contribution in [2.24, 2.45) is 5.92 Å². The SMILES string of the molecule is CN(CCc1ccccn1)C(=O)CCC1CCCN(C2Cc3ccccc3C2)C1. The van der Waals surface area contributed by atoms with Crippen molar-refractivity contribution in [2.75, 3.05) is 26.7 Å². The third-order valence-electron chi connectivity index (χ3n) is 6.72. The largest absolute Gasteiger partial charge is 0.345 e. The zero-order chi connectivity index (χ0) is 20.1. The van der Waals surface area contributed by atoms with Crippen molar-refractivity contribution in [3.8, 4) is 0 Å². The maximum absolute atomic E-state index is 12.6. The van der Waals surface area contributed by atoms with Crippen molar-refractivity contribution in [3.05, 3.63) is 65.5 Å². The second kappa shape index (κ2) is 9.53. The van der Waals surface area contributed by atoms with Crippen LogP contribution in [0.1, 0.15) is 42.5 Å². The fourth-order valence-electron chi connectivity index (χ4n) is 4.93. The number of rotatable bonds is 7. The predicted molar refractivity (Wildman–Crippen MR) is 117 cm³/mol. The zero-order valence-electron chi connectivity index (χ0n) is 17.6. The van der Waals surface area contributed by atoms with Crippen molar-refractivity contribution >= 4 is 5.91 Å². The van der Waals surface area contributed by atoms with E-state index in [-0.39, 0.29) is 5.91 Å². The molecule has 4 nitrogen and oxygen atoms in total. The summed E-state index contributed by atoms with van der Waals surface area (Å²) in [5.74, 6) is 0.923. The number of pyridine rings is 1. The Morgan fingerprint density at radius 3 is 2.62 bits per heavy atom. The number of amides is 1. The molecule has 1 aliphatic carbocycles. The van der Waals surface area contributed by atoms with Crippen molar-refractivity contribution in [1.29, 1.82) is 0 Å². The van der Waals surface area contributed by atoms with E-state index in [1.165, 1.54) is 43.4 Å². The maximum atomic E-state index is 12.6. The van der Waals surface area contributed by atoms with Gasteiger partial charge in [0.1, 0.15) is 0 Å². The summed E-state index contributed by atoms with van der Waals surface area (Å²) in [6.07, 6.45) is 9.24. The van der Waals surface area contributed by atoms with E-state index in [1.807, 2.05) is 36.3 Å². The van der Waals surface area contributed by atoms with E-state index in [2.05, 4.69) is 34.1 Å². The minimum atomic E-state index is 0.270. The molecule has 1 atom stereocenters. The molecule has 1 saturated heterocycles. The van der Waals surface area contributed by atoms with Crippen LogP contribution in [-0.4, -0.2) is 53.4 Å². The van der Waals surface area contributed by atoms with Gasteiger partial charge in [0.15, 0.2) is 0 Å². The Balaban J connectivity index is 1.21. The van der Waals surface area contributed by atoms with Gasteiger partial charge < -0.3 is 4.90 Å². The molecular weight excluding hydrogens is 358 g/mol. The van der Waals surface area contributed by atoms with E-state index in [0.717, 1.165) is 31.6 Å². The van der Waals surface area contributed by atoms with E-state index in [4.69, 9.17) is 0 Å². The van der Waals surface area contributed by atoms with Crippen LogP contribution >= 0.6 is 0 Å². The minimum absolute atomic E-state index is 0.270. The summed E-state index contributed by atoms with van der Waals surface area (Å²) < 4.78 is 0. The summed E-state index contributed by atoms with van der Waals surface area (Å²) in [5, 5.41) is 0. The van der Waals surface area contributed by atoms with Crippen LogP contribution in [0.4, 0.5) is 0 Å². The minimum Gasteiger partial charge on any atom is -0.345 e. The van der Waals surface area contributed by atoms with Crippen LogP contribution in [0.2, 0.25) is 0 Å². The van der Waals surface area contributed by atoms with Crippen LogP contribution in [0.25, 0.3) is 0 Å². The van der Waals surface area contributed by atoms with E-state index in [0.29, 0.717) is 18.4 Å². The molecule has 0 bridgehead atoms. The summed E-state index contributed by atoms with van der Waals surface area (Å²) in [6, 6.07) is 15.5.